The molecule has 0 radical (unpaired) electrons. The molecule has 2 aromatic heterocycles. The predicted molar refractivity (Wildman–Crippen MR) is 78.2 cm³/mol. The Kier molecular flexibility index (Phi) is 3.52. The first-order chi connectivity index (χ1) is 9.57. The lowest BCUT2D eigenvalue weighted by Gasteiger charge is -2.20. The lowest BCUT2D eigenvalue weighted by Crippen LogP contribution is -2.24. The normalized spacial score (nSPS) is 19.4. The van der Waals surface area contributed by atoms with E-state index in [0.29, 0.717) is 24.0 Å². The molecule has 0 aromatic carbocycles. The van der Waals surface area contributed by atoms with Crippen molar-refractivity contribution < 1.29 is 8.42 Å². The van der Waals surface area contributed by atoms with Crippen molar-refractivity contribution in [2.45, 2.75) is 25.8 Å². The van der Waals surface area contributed by atoms with Crippen LogP contribution < -0.4 is 5.73 Å². The lowest BCUT2D eigenvalue weighted by atomic mass is 9.97. The smallest absolute Gasteiger partial charge is 0.150 e. The summed E-state index contributed by atoms with van der Waals surface area (Å²) < 4.78 is 24.9. The van der Waals surface area contributed by atoms with Crippen molar-refractivity contribution in [3.8, 4) is 0 Å². The summed E-state index contributed by atoms with van der Waals surface area (Å²) in [7, 11) is -2.79. The number of fused-ring (bicyclic) bond motifs is 1. The van der Waals surface area contributed by atoms with Crippen molar-refractivity contribution in [2.75, 3.05) is 11.5 Å². The fourth-order valence-electron chi connectivity index (χ4n) is 2.82. The van der Waals surface area contributed by atoms with Gasteiger partial charge >= 0.3 is 0 Å². The number of aromatic nitrogens is 2. The van der Waals surface area contributed by atoms with Crippen LogP contribution in [0.25, 0.3) is 5.65 Å². The van der Waals surface area contributed by atoms with E-state index in [-0.39, 0.29) is 0 Å². The van der Waals surface area contributed by atoms with Crippen molar-refractivity contribution in [2.24, 2.45) is 11.7 Å². The molecule has 3 rings (SSSR count). The molecule has 1 saturated heterocycles. The van der Waals surface area contributed by atoms with Crippen LogP contribution in [0.3, 0.4) is 0 Å². The van der Waals surface area contributed by atoms with Crippen molar-refractivity contribution >= 4 is 15.5 Å². The fraction of sp³-hybridized carbons (Fsp3) is 0.500. The van der Waals surface area contributed by atoms with E-state index in [1.807, 2.05) is 28.8 Å². The van der Waals surface area contributed by atoms with E-state index in [4.69, 9.17) is 5.73 Å². The zero-order valence-corrected chi connectivity index (χ0v) is 12.1. The molecule has 3 heterocycles. The van der Waals surface area contributed by atoms with Crippen molar-refractivity contribution in [1.29, 1.82) is 0 Å². The molecule has 0 amide bonds. The second-order valence-electron chi connectivity index (χ2n) is 5.48. The monoisotopic (exact) mass is 293 g/mol. The Morgan fingerprint density at radius 2 is 2.05 bits per heavy atom. The van der Waals surface area contributed by atoms with Crippen LogP contribution in [0.15, 0.2) is 24.4 Å². The SMILES string of the molecule is NCc1cccc2nc(CC3CCS(=O)(=O)CC3)cn12. The highest BCUT2D eigenvalue weighted by atomic mass is 32.2. The highest BCUT2D eigenvalue weighted by molar-refractivity contribution is 7.91. The van der Waals surface area contributed by atoms with Crippen LogP contribution in [0.2, 0.25) is 0 Å². The average molecular weight is 293 g/mol. The molecule has 1 aliphatic rings. The zero-order chi connectivity index (χ0) is 14.2. The Hall–Kier alpha value is -1.40. The largest absolute Gasteiger partial charge is 0.325 e. The first-order valence-corrected chi connectivity index (χ1v) is 8.76. The maximum absolute atomic E-state index is 11.4. The topological polar surface area (TPSA) is 77.5 Å². The summed E-state index contributed by atoms with van der Waals surface area (Å²) >= 11 is 0. The van der Waals surface area contributed by atoms with E-state index in [1.165, 1.54) is 0 Å². The third-order valence-electron chi connectivity index (χ3n) is 4.01. The van der Waals surface area contributed by atoms with Gasteiger partial charge < -0.3 is 10.1 Å². The fourth-order valence-corrected chi connectivity index (χ4v) is 4.41. The van der Waals surface area contributed by atoms with Crippen LogP contribution in [-0.2, 0) is 22.8 Å². The molecule has 6 heteroatoms. The summed E-state index contributed by atoms with van der Waals surface area (Å²) in [6, 6.07) is 5.92. The van der Waals surface area contributed by atoms with E-state index in [9.17, 15) is 8.42 Å². The van der Waals surface area contributed by atoms with Crippen LogP contribution in [0.4, 0.5) is 0 Å². The van der Waals surface area contributed by atoms with Gasteiger partial charge in [0.1, 0.15) is 15.5 Å². The van der Waals surface area contributed by atoms with Crippen molar-refractivity contribution in [3.63, 3.8) is 0 Å². The van der Waals surface area contributed by atoms with Gasteiger partial charge in [-0.15, -0.1) is 0 Å². The molecule has 20 heavy (non-hydrogen) atoms. The van der Waals surface area contributed by atoms with Gasteiger partial charge in [0, 0.05) is 18.4 Å². The van der Waals surface area contributed by atoms with Gasteiger partial charge in [-0.25, -0.2) is 13.4 Å². The van der Waals surface area contributed by atoms with Gasteiger partial charge in [-0.05, 0) is 37.3 Å². The van der Waals surface area contributed by atoms with Crippen molar-refractivity contribution in [1.82, 2.24) is 9.38 Å². The molecule has 108 valence electrons. The summed E-state index contributed by atoms with van der Waals surface area (Å²) in [6.45, 7) is 0.481. The summed E-state index contributed by atoms with van der Waals surface area (Å²) in [5.41, 5.74) is 8.69. The van der Waals surface area contributed by atoms with Crippen LogP contribution in [-0.4, -0.2) is 29.3 Å². The quantitative estimate of drug-likeness (QED) is 0.921. The molecular weight excluding hydrogens is 274 g/mol. The molecule has 0 bridgehead atoms. The highest BCUT2D eigenvalue weighted by Gasteiger charge is 2.24. The molecule has 0 unspecified atom stereocenters. The number of nitrogens with zero attached hydrogens (tertiary/aromatic N) is 2. The molecule has 0 saturated carbocycles. The molecule has 5 nitrogen and oxygen atoms in total. The second-order valence-corrected chi connectivity index (χ2v) is 7.78. The highest BCUT2D eigenvalue weighted by Crippen LogP contribution is 2.23. The van der Waals surface area contributed by atoms with Crippen LogP contribution in [0, 0.1) is 5.92 Å². The van der Waals surface area contributed by atoms with Gasteiger partial charge in [-0.1, -0.05) is 6.07 Å². The third kappa shape index (κ3) is 2.71. The molecule has 0 spiro atoms. The molecule has 2 N–H and O–H groups in total. The second kappa shape index (κ2) is 5.18. The number of hydrogen-bond donors (Lipinski definition) is 1. The van der Waals surface area contributed by atoms with Gasteiger partial charge in [0.2, 0.25) is 0 Å². The minimum Gasteiger partial charge on any atom is -0.325 e. The van der Waals surface area contributed by atoms with E-state index in [1.54, 1.807) is 0 Å². The number of imidazole rings is 1. The number of hydrogen-bond acceptors (Lipinski definition) is 4. The third-order valence-corrected chi connectivity index (χ3v) is 5.72. The van der Waals surface area contributed by atoms with Gasteiger partial charge in [0.25, 0.3) is 0 Å². The molecular formula is C14H19N3O2S. The lowest BCUT2D eigenvalue weighted by molar-refractivity contribution is 0.459. The predicted octanol–water partition coefficient (Wildman–Crippen LogP) is 1.16. The number of sulfone groups is 1. The minimum absolute atomic E-state index is 0.319. The average Bonchev–Trinajstić information content (AvgIpc) is 2.83. The summed E-state index contributed by atoms with van der Waals surface area (Å²) in [5.74, 6) is 1.06. The Morgan fingerprint density at radius 1 is 1.30 bits per heavy atom. The summed E-state index contributed by atoms with van der Waals surface area (Å²) in [6.07, 6.45) is 4.38. The maximum atomic E-state index is 11.4. The van der Waals surface area contributed by atoms with E-state index < -0.39 is 9.84 Å². The Balaban J connectivity index is 1.78. The molecule has 1 fully saturated rings. The summed E-state index contributed by atoms with van der Waals surface area (Å²) in [5, 5.41) is 0. The van der Waals surface area contributed by atoms with E-state index in [2.05, 4.69) is 4.98 Å². The Bertz CT molecular complexity index is 707. The standard InChI is InChI=1S/C14H19N3O2S/c15-9-13-2-1-3-14-16-12(10-17(13)14)8-11-4-6-20(18,19)7-5-11/h1-3,10-11H,4-9,15H2. The van der Waals surface area contributed by atoms with E-state index in [0.717, 1.165) is 36.3 Å². The number of rotatable bonds is 3. The van der Waals surface area contributed by atoms with Crippen LogP contribution in [0.5, 0.6) is 0 Å². The van der Waals surface area contributed by atoms with E-state index >= 15 is 0 Å². The number of pyridine rings is 1. The molecule has 0 atom stereocenters. The minimum atomic E-state index is -2.79. The van der Waals surface area contributed by atoms with Crippen molar-refractivity contribution in [3.05, 3.63) is 35.8 Å². The maximum Gasteiger partial charge on any atom is 0.150 e. The molecule has 1 aliphatic heterocycles. The first kappa shape index (κ1) is 13.6. The van der Waals surface area contributed by atoms with Crippen LogP contribution in [0.1, 0.15) is 24.2 Å². The van der Waals surface area contributed by atoms with Gasteiger partial charge in [-0.2, -0.15) is 0 Å². The molecule has 2 aromatic rings. The zero-order valence-electron chi connectivity index (χ0n) is 11.3. The van der Waals surface area contributed by atoms with Crippen LogP contribution >= 0.6 is 0 Å². The van der Waals surface area contributed by atoms with Gasteiger partial charge in [-0.3, -0.25) is 0 Å². The summed E-state index contributed by atoms with van der Waals surface area (Å²) in [4.78, 5) is 4.61. The number of nitrogens with two attached hydrogens (primary N) is 1. The Morgan fingerprint density at radius 3 is 2.75 bits per heavy atom. The first-order valence-electron chi connectivity index (χ1n) is 6.94. The Labute approximate surface area is 118 Å². The molecule has 0 aliphatic carbocycles. The van der Waals surface area contributed by atoms with Gasteiger partial charge in [0.15, 0.2) is 0 Å². The van der Waals surface area contributed by atoms with Gasteiger partial charge in [0.05, 0.1) is 17.2 Å².